The van der Waals surface area contributed by atoms with Crippen LogP contribution in [0.3, 0.4) is 0 Å². The number of nitrogens with one attached hydrogen (secondary N) is 1. The second-order valence-corrected chi connectivity index (χ2v) is 9.18. The Morgan fingerprint density at radius 2 is 2.10 bits per heavy atom. The average molecular weight is 423 g/mol. The van der Waals surface area contributed by atoms with Crippen LogP contribution in [-0.4, -0.2) is 39.9 Å². The number of hydrogen-bond donors (Lipinski definition) is 1. The highest BCUT2D eigenvalue weighted by Gasteiger charge is 2.30. The van der Waals surface area contributed by atoms with Crippen LogP contribution in [0.2, 0.25) is 0 Å². The molecule has 2 aliphatic rings. The zero-order valence-electron chi connectivity index (χ0n) is 18.0. The van der Waals surface area contributed by atoms with Gasteiger partial charge in [0.05, 0.1) is 6.04 Å². The van der Waals surface area contributed by atoms with Crippen LogP contribution in [0.4, 0.5) is 5.82 Å². The number of aromatic nitrogens is 1. The Bertz CT molecular complexity index is 937. The van der Waals surface area contributed by atoms with Gasteiger partial charge in [0.25, 0.3) is 0 Å². The van der Waals surface area contributed by atoms with Gasteiger partial charge in [-0.25, -0.2) is 9.29 Å². The molecule has 3 heterocycles. The van der Waals surface area contributed by atoms with Crippen molar-refractivity contribution in [1.29, 1.82) is 0 Å². The first-order valence-corrected chi connectivity index (χ1v) is 11.8. The van der Waals surface area contributed by atoms with Crippen molar-refractivity contribution in [2.75, 3.05) is 24.7 Å². The smallest absolute Gasteiger partial charge is 0.210 e. The molecule has 30 heavy (non-hydrogen) atoms. The van der Waals surface area contributed by atoms with Gasteiger partial charge in [-0.2, -0.15) is 0 Å². The summed E-state index contributed by atoms with van der Waals surface area (Å²) >= 11 is 1.80. The zero-order chi connectivity index (χ0) is 21.1. The van der Waals surface area contributed by atoms with Crippen molar-refractivity contribution < 1.29 is 4.79 Å². The molecule has 4 rings (SSSR count). The van der Waals surface area contributed by atoms with E-state index in [0.717, 1.165) is 56.7 Å². The molecule has 2 aromatic rings. The summed E-state index contributed by atoms with van der Waals surface area (Å²) in [6, 6.07) is 8.97. The molecule has 0 aliphatic carbocycles. The molecule has 0 radical (unpaired) electrons. The molecule has 158 valence electrons. The Labute approximate surface area is 183 Å². The van der Waals surface area contributed by atoms with E-state index in [4.69, 9.17) is 0 Å². The summed E-state index contributed by atoms with van der Waals surface area (Å²) in [5, 5.41) is 3.23. The third kappa shape index (κ3) is 4.40. The molecular weight excluding hydrogens is 392 g/mol. The van der Waals surface area contributed by atoms with Crippen molar-refractivity contribution in [2.45, 2.75) is 45.7 Å². The molecule has 1 atom stereocenters. The molecule has 1 saturated heterocycles. The minimum Gasteiger partial charge on any atom is -0.347 e. The van der Waals surface area contributed by atoms with E-state index >= 15 is 0 Å². The van der Waals surface area contributed by atoms with Gasteiger partial charge in [0.15, 0.2) is 0 Å². The van der Waals surface area contributed by atoms with Gasteiger partial charge in [-0.05, 0) is 85.9 Å². The number of hydrogen-bond acceptors (Lipinski definition) is 5. The molecule has 0 spiro atoms. The van der Waals surface area contributed by atoms with Crippen LogP contribution < -0.4 is 5.32 Å². The van der Waals surface area contributed by atoms with E-state index in [1.165, 1.54) is 27.8 Å². The lowest BCUT2D eigenvalue weighted by atomic mass is 9.87. The van der Waals surface area contributed by atoms with Crippen molar-refractivity contribution in [2.24, 2.45) is 0 Å². The minimum absolute atomic E-state index is 0.198. The summed E-state index contributed by atoms with van der Waals surface area (Å²) in [4.78, 5) is 18.2. The minimum atomic E-state index is 0.198. The van der Waals surface area contributed by atoms with Crippen LogP contribution in [0.5, 0.6) is 0 Å². The molecule has 5 nitrogen and oxygen atoms in total. The molecule has 6 heteroatoms. The third-order valence-electron chi connectivity index (χ3n) is 5.99. The second kappa shape index (κ2) is 9.23. The quantitative estimate of drug-likeness (QED) is 0.524. The van der Waals surface area contributed by atoms with Gasteiger partial charge in [-0.3, -0.25) is 4.79 Å². The van der Waals surface area contributed by atoms with Gasteiger partial charge in [0, 0.05) is 37.6 Å². The topological polar surface area (TPSA) is 48.5 Å². The summed E-state index contributed by atoms with van der Waals surface area (Å²) in [6.45, 7) is 6.97. The van der Waals surface area contributed by atoms with Gasteiger partial charge >= 0.3 is 0 Å². The van der Waals surface area contributed by atoms with Crippen LogP contribution in [0.25, 0.3) is 11.1 Å². The van der Waals surface area contributed by atoms with E-state index in [-0.39, 0.29) is 6.04 Å². The van der Waals surface area contributed by atoms with E-state index in [1.54, 1.807) is 11.9 Å². The molecule has 1 fully saturated rings. The number of allylic oxidation sites excluding steroid dienone is 1. The normalized spacial score (nSPS) is 18.8. The van der Waals surface area contributed by atoms with Gasteiger partial charge < -0.3 is 10.2 Å². The van der Waals surface area contributed by atoms with E-state index < -0.39 is 0 Å². The molecule has 1 amide bonds. The van der Waals surface area contributed by atoms with E-state index in [2.05, 4.69) is 52.9 Å². The SMILES string of the molecule is CSN1CCc2c(cc(-c3ccc(NC=C(C)C)nc3)cc2C2CCCN2C=O)C1. The molecule has 0 saturated carbocycles. The van der Waals surface area contributed by atoms with Crippen LogP contribution in [0.15, 0.2) is 42.2 Å². The first-order valence-electron chi connectivity index (χ1n) is 10.6. The fraction of sp³-hybridized carbons (Fsp3) is 0.417. The number of fused-ring (bicyclic) bond motifs is 1. The molecule has 1 aromatic carbocycles. The molecule has 0 bridgehead atoms. The fourth-order valence-corrected chi connectivity index (χ4v) is 4.99. The van der Waals surface area contributed by atoms with Gasteiger partial charge in [-0.1, -0.05) is 17.5 Å². The molecule has 1 aromatic heterocycles. The van der Waals surface area contributed by atoms with Gasteiger partial charge in [0.1, 0.15) is 5.82 Å². The number of likely N-dealkylation sites (tertiary alicyclic amines) is 1. The van der Waals surface area contributed by atoms with E-state index in [0.29, 0.717) is 0 Å². The Kier molecular flexibility index (Phi) is 6.44. The summed E-state index contributed by atoms with van der Waals surface area (Å²) < 4.78 is 2.41. The van der Waals surface area contributed by atoms with Crippen molar-refractivity contribution in [3.05, 3.63) is 58.9 Å². The van der Waals surface area contributed by atoms with Crippen LogP contribution in [-0.2, 0) is 17.8 Å². The summed E-state index contributed by atoms with van der Waals surface area (Å²) in [5.74, 6) is 0.842. The lowest BCUT2D eigenvalue weighted by Gasteiger charge is -2.32. The number of rotatable bonds is 6. The summed E-state index contributed by atoms with van der Waals surface area (Å²) in [5.41, 5.74) is 7.66. The first-order chi connectivity index (χ1) is 14.6. The number of carbonyl (C=O) groups is 1. The van der Waals surface area contributed by atoms with E-state index in [9.17, 15) is 4.79 Å². The van der Waals surface area contributed by atoms with Gasteiger partial charge in [-0.15, -0.1) is 0 Å². The average Bonchev–Trinajstić information content (AvgIpc) is 3.25. The summed E-state index contributed by atoms with van der Waals surface area (Å²) in [6.07, 6.45) is 10.2. The zero-order valence-corrected chi connectivity index (χ0v) is 18.8. The van der Waals surface area contributed by atoms with E-state index in [1.807, 2.05) is 23.4 Å². The Hall–Kier alpha value is -2.31. The highest BCUT2D eigenvalue weighted by molar-refractivity contribution is 7.96. The van der Waals surface area contributed by atoms with Crippen molar-refractivity contribution in [3.63, 3.8) is 0 Å². The van der Waals surface area contributed by atoms with Gasteiger partial charge in [0.2, 0.25) is 6.41 Å². The Morgan fingerprint density at radius 1 is 1.23 bits per heavy atom. The fourth-order valence-electron chi connectivity index (χ4n) is 4.45. The van der Waals surface area contributed by atoms with Crippen molar-refractivity contribution in [3.8, 4) is 11.1 Å². The maximum absolute atomic E-state index is 11.7. The number of benzene rings is 1. The van der Waals surface area contributed by atoms with Crippen LogP contribution >= 0.6 is 11.9 Å². The molecule has 1 unspecified atom stereocenters. The standard InChI is InChI=1S/C24H30N4OS/c1-17(2)13-25-24-7-6-18(14-26-24)19-11-20-15-28(30-3)10-8-21(20)22(12-19)23-5-4-9-27(23)16-29/h6-7,11-14,16,23H,4-5,8-10,15H2,1-3H3,(H,25,26). The summed E-state index contributed by atoms with van der Waals surface area (Å²) in [7, 11) is 0. The number of pyridine rings is 1. The predicted molar refractivity (Wildman–Crippen MR) is 125 cm³/mol. The van der Waals surface area contributed by atoms with Crippen LogP contribution in [0.1, 0.15) is 49.4 Å². The molecular formula is C24H30N4OS. The monoisotopic (exact) mass is 422 g/mol. The molecule has 2 aliphatic heterocycles. The molecule has 1 N–H and O–H groups in total. The van der Waals surface area contributed by atoms with Crippen LogP contribution in [0, 0.1) is 0 Å². The maximum Gasteiger partial charge on any atom is 0.210 e. The highest BCUT2D eigenvalue weighted by atomic mass is 32.2. The van der Waals surface area contributed by atoms with Crippen molar-refractivity contribution >= 4 is 24.2 Å². The van der Waals surface area contributed by atoms with Crippen molar-refractivity contribution in [1.82, 2.24) is 14.2 Å². The lowest BCUT2D eigenvalue weighted by Crippen LogP contribution is -2.28. The maximum atomic E-state index is 11.7. The largest absolute Gasteiger partial charge is 0.347 e. The number of anilines is 1. The lowest BCUT2D eigenvalue weighted by molar-refractivity contribution is -0.118. The number of nitrogens with zero attached hydrogens (tertiary/aromatic N) is 3. The highest BCUT2D eigenvalue weighted by Crippen LogP contribution is 2.39. The Balaban J connectivity index is 1.72. The number of carbonyl (C=O) groups excluding carboxylic acids is 1. The first kappa shape index (κ1) is 20.9. The number of amides is 1. The third-order valence-corrected chi connectivity index (χ3v) is 6.82. The second-order valence-electron chi connectivity index (χ2n) is 8.30. The Morgan fingerprint density at radius 3 is 2.80 bits per heavy atom. The predicted octanol–water partition coefficient (Wildman–Crippen LogP) is 5.01.